The van der Waals surface area contributed by atoms with Crippen molar-refractivity contribution in [3.8, 4) is 0 Å². The van der Waals surface area contributed by atoms with Crippen molar-refractivity contribution in [1.82, 2.24) is 0 Å². The molecule has 0 aliphatic carbocycles. The maximum absolute atomic E-state index is 11.1. The van der Waals surface area contributed by atoms with Crippen molar-refractivity contribution >= 4 is 28.4 Å². The number of rotatable bonds is 3. The summed E-state index contributed by atoms with van der Waals surface area (Å²) in [5, 5.41) is 12.5. The van der Waals surface area contributed by atoms with Gasteiger partial charge in [0.25, 0.3) is 5.69 Å². The summed E-state index contributed by atoms with van der Waals surface area (Å²) in [5.41, 5.74) is 1.82. The molecule has 4 heteroatoms. The van der Waals surface area contributed by atoms with Gasteiger partial charge in [-0.25, -0.2) is 0 Å². The molecular formula is C17H12N2O2. The first kappa shape index (κ1) is 13.0. The van der Waals surface area contributed by atoms with Crippen LogP contribution in [0.15, 0.2) is 71.7 Å². The number of aliphatic imine (C=N–C) groups is 1. The molecule has 0 aromatic heterocycles. The summed E-state index contributed by atoms with van der Waals surface area (Å²) in [5.74, 6) is 0. The lowest BCUT2D eigenvalue weighted by Crippen LogP contribution is -1.91. The number of hydrogen-bond acceptors (Lipinski definition) is 3. The Hall–Kier alpha value is -3.01. The van der Waals surface area contributed by atoms with Crippen LogP contribution < -0.4 is 0 Å². The van der Waals surface area contributed by atoms with E-state index < -0.39 is 0 Å². The summed E-state index contributed by atoms with van der Waals surface area (Å²) < 4.78 is 0. The first-order valence-electron chi connectivity index (χ1n) is 6.51. The van der Waals surface area contributed by atoms with Crippen molar-refractivity contribution in [1.29, 1.82) is 0 Å². The second kappa shape index (κ2) is 5.54. The monoisotopic (exact) mass is 276 g/mol. The van der Waals surface area contributed by atoms with Crippen LogP contribution in [0.25, 0.3) is 10.8 Å². The molecule has 0 radical (unpaired) electrons. The van der Waals surface area contributed by atoms with Crippen LogP contribution >= 0.6 is 0 Å². The Kier molecular flexibility index (Phi) is 3.43. The fourth-order valence-corrected chi connectivity index (χ4v) is 2.25. The second-order valence-corrected chi connectivity index (χ2v) is 4.57. The Morgan fingerprint density at radius 3 is 2.33 bits per heavy atom. The van der Waals surface area contributed by atoms with Crippen LogP contribution in [0, 0.1) is 10.1 Å². The van der Waals surface area contributed by atoms with Gasteiger partial charge < -0.3 is 0 Å². The molecule has 3 aromatic carbocycles. The van der Waals surface area contributed by atoms with Gasteiger partial charge in [-0.1, -0.05) is 42.5 Å². The standard InChI is InChI=1S/C17H12N2O2/c20-19(21)17-11-5-9-15-13(6-4-10-16(15)17)12-18-14-7-2-1-3-8-14/h1-12H. The zero-order chi connectivity index (χ0) is 14.7. The number of fused-ring (bicyclic) bond motifs is 1. The van der Waals surface area contributed by atoms with Crippen molar-refractivity contribution in [2.45, 2.75) is 0 Å². The zero-order valence-electron chi connectivity index (χ0n) is 11.1. The maximum atomic E-state index is 11.1. The lowest BCUT2D eigenvalue weighted by Gasteiger charge is -2.02. The number of benzene rings is 3. The van der Waals surface area contributed by atoms with Gasteiger partial charge in [0.2, 0.25) is 0 Å². The Labute approximate surface area is 121 Å². The van der Waals surface area contributed by atoms with Crippen molar-refractivity contribution in [3.63, 3.8) is 0 Å². The van der Waals surface area contributed by atoms with E-state index in [9.17, 15) is 10.1 Å². The summed E-state index contributed by atoms with van der Waals surface area (Å²) in [6.45, 7) is 0. The SMILES string of the molecule is O=[N+]([O-])c1cccc2c(C=Nc3ccccc3)cccc12. The van der Waals surface area contributed by atoms with Crippen LogP contribution in [-0.4, -0.2) is 11.1 Å². The van der Waals surface area contributed by atoms with Crippen LogP contribution in [-0.2, 0) is 0 Å². The summed E-state index contributed by atoms with van der Waals surface area (Å²) in [7, 11) is 0. The Morgan fingerprint density at radius 2 is 1.57 bits per heavy atom. The molecule has 0 spiro atoms. The first-order chi connectivity index (χ1) is 10.3. The van der Waals surface area contributed by atoms with Crippen LogP contribution in [0.1, 0.15) is 5.56 Å². The first-order valence-corrected chi connectivity index (χ1v) is 6.51. The summed E-state index contributed by atoms with van der Waals surface area (Å²) in [6.07, 6.45) is 1.74. The topological polar surface area (TPSA) is 55.5 Å². The molecule has 0 amide bonds. The molecular weight excluding hydrogens is 264 g/mol. The molecule has 0 aliphatic rings. The van der Waals surface area contributed by atoms with E-state index in [1.807, 2.05) is 48.5 Å². The van der Waals surface area contributed by atoms with E-state index in [1.54, 1.807) is 18.3 Å². The number of nitrogens with zero attached hydrogens (tertiary/aromatic N) is 2. The highest BCUT2D eigenvalue weighted by molar-refractivity contribution is 6.03. The normalized spacial score (nSPS) is 11.0. The van der Waals surface area contributed by atoms with Gasteiger partial charge in [-0.2, -0.15) is 0 Å². The highest BCUT2D eigenvalue weighted by atomic mass is 16.6. The minimum atomic E-state index is -0.361. The van der Waals surface area contributed by atoms with Crippen molar-refractivity contribution in [2.75, 3.05) is 0 Å². The average Bonchev–Trinajstić information content (AvgIpc) is 2.53. The summed E-state index contributed by atoms with van der Waals surface area (Å²) in [4.78, 5) is 15.1. The molecule has 3 rings (SSSR count). The molecule has 21 heavy (non-hydrogen) atoms. The van der Waals surface area contributed by atoms with E-state index in [0.29, 0.717) is 5.39 Å². The third kappa shape index (κ3) is 2.65. The maximum Gasteiger partial charge on any atom is 0.277 e. The fourth-order valence-electron chi connectivity index (χ4n) is 2.25. The van der Waals surface area contributed by atoms with Gasteiger partial charge in [0.1, 0.15) is 0 Å². The molecule has 0 fully saturated rings. The Morgan fingerprint density at radius 1 is 0.857 bits per heavy atom. The van der Waals surface area contributed by atoms with Crippen LogP contribution in [0.3, 0.4) is 0 Å². The Bertz CT molecular complexity index is 827. The predicted octanol–water partition coefficient (Wildman–Crippen LogP) is 4.50. The van der Waals surface area contributed by atoms with Gasteiger partial charge >= 0.3 is 0 Å². The van der Waals surface area contributed by atoms with Gasteiger partial charge in [0.05, 0.1) is 16.0 Å². The van der Waals surface area contributed by atoms with E-state index in [0.717, 1.165) is 16.6 Å². The smallest absolute Gasteiger partial charge is 0.258 e. The van der Waals surface area contributed by atoms with Gasteiger partial charge in [-0.15, -0.1) is 0 Å². The van der Waals surface area contributed by atoms with E-state index >= 15 is 0 Å². The van der Waals surface area contributed by atoms with Crippen molar-refractivity contribution < 1.29 is 4.92 Å². The van der Waals surface area contributed by atoms with E-state index in [2.05, 4.69) is 4.99 Å². The molecule has 3 aromatic rings. The molecule has 102 valence electrons. The molecule has 0 bridgehead atoms. The van der Waals surface area contributed by atoms with Gasteiger partial charge in [0.15, 0.2) is 0 Å². The van der Waals surface area contributed by atoms with Crippen molar-refractivity contribution in [2.24, 2.45) is 4.99 Å². The molecule has 0 saturated heterocycles. The highest BCUT2D eigenvalue weighted by Gasteiger charge is 2.11. The van der Waals surface area contributed by atoms with Gasteiger partial charge in [0, 0.05) is 17.8 Å². The van der Waals surface area contributed by atoms with E-state index in [-0.39, 0.29) is 10.6 Å². The zero-order valence-corrected chi connectivity index (χ0v) is 11.1. The van der Waals surface area contributed by atoms with Crippen LogP contribution in [0.2, 0.25) is 0 Å². The predicted molar refractivity (Wildman–Crippen MR) is 84.3 cm³/mol. The molecule has 0 atom stereocenters. The van der Waals surface area contributed by atoms with Crippen LogP contribution in [0.4, 0.5) is 11.4 Å². The number of nitro groups is 1. The Balaban J connectivity index is 2.10. The van der Waals surface area contributed by atoms with Gasteiger partial charge in [-0.3, -0.25) is 15.1 Å². The largest absolute Gasteiger partial charge is 0.277 e. The number of hydrogen-bond donors (Lipinski definition) is 0. The van der Waals surface area contributed by atoms with E-state index in [1.165, 1.54) is 6.07 Å². The minimum absolute atomic E-state index is 0.113. The average molecular weight is 276 g/mol. The van der Waals surface area contributed by atoms with Crippen LogP contribution in [0.5, 0.6) is 0 Å². The minimum Gasteiger partial charge on any atom is -0.258 e. The third-order valence-corrected chi connectivity index (χ3v) is 3.24. The number of nitro benzene ring substituents is 1. The molecule has 0 aliphatic heterocycles. The molecule has 0 N–H and O–H groups in total. The summed E-state index contributed by atoms with van der Waals surface area (Å²) in [6, 6.07) is 20.1. The van der Waals surface area contributed by atoms with Gasteiger partial charge in [-0.05, 0) is 23.6 Å². The lowest BCUT2D eigenvalue weighted by molar-refractivity contribution is -0.383. The molecule has 0 unspecified atom stereocenters. The van der Waals surface area contributed by atoms with E-state index in [4.69, 9.17) is 0 Å². The number of para-hydroxylation sites is 1. The van der Waals surface area contributed by atoms with Crippen molar-refractivity contribution in [3.05, 3.63) is 82.4 Å². The summed E-state index contributed by atoms with van der Waals surface area (Å²) >= 11 is 0. The lowest BCUT2D eigenvalue weighted by atomic mass is 10.0. The fraction of sp³-hybridized carbons (Fsp3) is 0. The highest BCUT2D eigenvalue weighted by Crippen LogP contribution is 2.27. The molecule has 0 heterocycles. The molecule has 4 nitrogen and oxygen atoms in total. The quantitative estimate of drug-likeness (QED) is 0.402. The molecule has 0 saturated carbocycles. The number of non-ortho nitro benzene ring substituents is 1. The second-order valence-electron chi connectivity index (χ2n) is 4.57. The third-order valence-electron chi connectivity index (χ3n) is 3.24.